The Balaban J connectivity index is 0.00000242. The first-order chi connectivity index (χ1) is 10.0. The number of nitrogens with one attached hydrogen (secondary N) is 1. The highest BCUT2D eigenvalue weighted by atomic mass is 35.5. The third-order valence-corrected chi connectivity index (χ3v) is 3.79. The lowest BCUT2D eigenvalue weighted by Gasteiger charge is -2.24. The molecule has 0 saturated carbocycles. The van der Waals surface area contributed by atoms with Gasteiger partial charge < -0.3 is 11.1 Å². The zero-order valence-corrected chi connectivity index (χ0v) is 13.8. The smallest absolute Gasteiger partial charge is 0.244 e. The molecule has 0 bridgehead atoms. The molecule has 0 aliphatic heterocycles. The van der Waals surface area contributed by atoms with Gasteiger partial charge in [-0.05, 0) is 37.0 Å². The molecular weight excluding hydrogens is 296 g/mol. The predicted molar refractivity (Wildman–Crippen MR) is 93.1 cm³/mol. The number of nitrogens with two attached hydrogens (primary N) is 1. The Bertz CT molecular complexity index is 611. The Morgan fingerprint density at radius 1 is 1.09 bits per heavy atom. The van der Waals surface area contributed by atoms with Crippen molar-refractivity contribution in [3.05, 3.63) is 71.3 Å². The number of hydrogen-bond donors (Lipinski definition) is 2. The van der Waals surface area contributed by atoms with Crippen molar-refractivity contribution in [2.75, 3.05) is 6.54 Å². The van der Waals surface area contributed by atoms with E-state index in [0.29, 0.717) is 6.54 Å². The highest BCUT2D eigenvalue weighted by Gasteiger charge is 2.29. The Morgan fingerprint density at radius 2 is 1.68 bits per heavy atom. The van der Waals surface area contributed by atoms with E-state index in [2.05, 4.69) is 24.4 Å². The molecule has 0 aliphatic carbocycles. The van der Waals surface area contributed by atoms with Gasteiger partial charge in [0.25, 0.3) is 0 Å². The van der Waals surface area contributed by atoms with Gasteiger partial charge in [-0.25, -0.2) is 0 Å². The molecule has 0 fully saturated rings. The normalized spacial score (nSPS) is 12.9. The van der Waals surface area contributed by atoms with Gasteiger partial charge in [-0.1, -0.05) is 54.6 Å². The maximum atomic E-state index is 12.3. The standard InChI is InChI=1S/C18H22N2O.ClH/c1-14-8-6-7-9-15(14)12-13-20-17(21)18(2,19)16-10-4-3-5-11-16;/h3-11H,12-13,19H2,1-2H3,(H,20,21);1H. The van der Waals surface area contributed by atoms with E-state index in [1.54, 1.807) is 6.92 Å². The molecule has 3 N–H and O–H groups in total. The molecular formula is C18H23ClN2O. The molecule has 0 radical (unpaired) electrons. The minimum Gasteiger partial charge on any atom is -0.354 e. The lowest BCUT2D eigenvalue weighted by atomic mass is 9.92. The Labute approximate surface area is 138 Å². The van der Waals surface area contributed by atoms with Crippen LogP contribution in [-0.2, 0) is 16.8 Å². The quantitative estimate of drug-likeness (QED) is 0.890. The van der Waals surface area contributed by atoms with Crippen molar-refractivity contribution in [3.8, 4) is 0 Å². The topological polar surface area (TPSA) is 55.1 Å². The fourth-order valence-electron chi connectivity index (χ4n) is 2.30. The van der Waals surface area contributed by atoms with E-state index in [-0.39, 0.29) is 18.3 Å². The van der Waals surface area contributed by atoms with Crippen LogP contribution in [0.15, 0.2) is 54.6 Å². The van der Waals surface area contributed by atoms with Crippen LogP contribution in [0.25, 0.3) is 0 Å². The number of rotatable bonds is 5. The fourth-order valence-corrected chi connectivity index (χ4v) is 2.30. The average Bonchev–Trinajstić information content (AvgIpc) is 2.50. The number of aryl methyl sites for hydroxylation is 1. The lowest BCUT2D eigenvalue weighted by Crippen LogP contribution is -2.49. The Hall–Kier alpha value is -1.84. The molecule has 1 amide bonds. The second kappa shape index (κ2) is 7.97. The van der Waals surface area contributed by atoms with Crippen molar-refractivity contribution in [1.82, 2.24) is 5.32 Å². The van der Waals surface area contributed by atoms with Gasteiger partial charge >= 0.3 is 0 Å². The van der Waals surface area contributed by atoms with E-state index in [1.807, 2.05) is 42.5 Å². The van der Waals surface area contributed by atoms with Crippen molar-refractivity contribution >= 4 is 18.3 Å². The molecule has 2 rings (SSSR count). The summed E-state index contributed by atoms with van der Waals surface area (Å²) in [7, 11) is 0. The van der Waals surface area contributed by atoms with Crippen LogP contribution >= 0.6 is 12.4 Å². The summed E-state index contributed by atoms with van der Waals surface area (Å²) in [5.74, 6) is -0.151. The minimum atomic E-state index is -1.01. The molecule has 2 aromatic carbocycles. The number of carbonyl (C=O) groups is 1. The van der Waals surface area contributed by atoms with Crippen LogP contribution in [0.4, 0.5) is 0 Å². The largest absolute Gasteiger partial charge is 0.354 e. The highest BCUT2D eigenvalue weighted by Crippen LogP contribution is 2.17. The molecule has 0 spiro atoms. The molecule has 4 heteroatoms. The maximum absolute atomic E-state index is 12.3. The van der Waals surface area contributed by atoms with Crippen LogP contribution in [-0.4, -0.2) is 12.5 Å². The molecule has 2 aromatic rings. The van der Waals surface area contributed by atoms with Crippen molar-refractivity contribution in [1.29, 1.82) is 0 Å². The van der Waals surface area contributed by atoms with Gasteiger partial charge in [-0.3, -0.25) is 4.79 Å². The summed E-state index contributed by atoms with van der Waals surface area (Å²) < 4.78 is 0. The van der Waals surface area contributed by atoms with Crippen molar-refractivity contribution < 1.29 is 4.79 Å². The van der Waals surface area contributed by atoms with Gasteiger partial charge in [0, 0.05) is 6.54 Å². The van der Waals surface area contributed by atoms with E-state index in [1.165, 1.54) is 11.1 Å². The summed E-state index contributed by atoms with van der Waals surface area (Å²) in [5, 5.41) is 2.93. The highest BCUT2D eigenvalue weighted by molar-refractivity contribution is 5.87. The van der Waals surface area contributed by atoms with Gasteiger partial charge in [0.15, 0.2) is 0 Å². The van der Waals surface area contributed by atoms with Gasteiger partial charge in [0.2, 0.25) is 5.91 Å². The van der Waals surface area contributed by atoms with Crippen molar-refractivity contribution in [3.63, 3.8) is 0 Å². The second-order valence-corrected chi connectivity index (χ2v) is 5.50. The molecule has 0 aliphatic rings. The molecule has 0 aromatic heterocycles. The summed E-state index contributed by atoms with van der Waals surface area (Å²) in [6.07, 6.45) is 0.809. The zero-order valence-electron chi connectivity index (χ0n) is 13.0. The summed E-state index contributed by atoms with van der Waals surface area (Å²) in [6, 6.07) is 17.6. The Morgan fingerprint density at radius 3 is 2.32 bits per heavy atom. The number of halogens is 1. The molecule has 1 atom stereocenters. The first-order valence-electron chi connectivity index (χ1n) is 7.19. The van der Waals surface area contributed by atoms with Crippen molar-refractivity contribution in [2.24, 2.45) is 5.73 Å². The summed E-state index contributed by atoms with van der Waals surface area (Å²) in [5.41, 5.74) is 8.48. The molecule has 3 nitrogen and oxygen atoms in total. The van der Waals surface area contributed by atoms with E-state index in [0.717, 1.165) is 12.0 Å². The minimum absolute atomic E-state index is 0. The molecule has 22 heavy (non-hydrogen) atoms. The summed E-state index contributed by atoms with van der Waals surface area (Å²) in [4.78, 5) is 12.3. The van der Waals surface area contributed by atoms with E-state index in [9.17, 15) is 4.79 Å². The molecule has 1 unspecified atom stereocenters. The lowest BCUT2D eigenvalue weighted by molar-refractivity contribution is -0.126. The van der Waals surface area contributed by atoms with E-state index >= 15 is 0 Å². The zero-order chi connectivity index (χ0) is 15.3. The van der Waals surface area contributed by atoms with E-state index < -0.39 is 5.54 Å². The van der Waals surface area contributed by atoms with Crippen molar-refractivity contribution in [2.45, 2.75) is 25.8 Å². The van der Waals surface area contributed by atoms with E-state index in [4.69, 9.17) is 5.73 Å². The maximum Gasteiger partial charge on any atom is 0.244 e. The average molecular weight is 319 g/mol. The second-order valence-electron chi connectivity index (χ2n) is 5.50. The third-order valence-electron chi connectivity index (χ3n) is 3.79. The first-order valence-corrected chi connectivity index (χ1v) is 7.19. The molecule has 118 valence electrons. The monoisotopic (exact) mass is 318 g/mol. The number of benzene rings is 2. The predicted octanol–water partition coefficient (Wildman–Crippen LogP) is 2.95. The van der Waals surface area contributed by atoms with Gasteiger partial charge in [0.1, 0.15) is 5.54 Å². The van der Waals surface area contributed by atoms with Crippen LogP contribution < -0.4 is 11.1 Å². The Kier molecular flexibility index (Phi) is 6.60. The summed E-state index contributed by atoms with van der Waals surface area (Å²) >= 11 is 0. The van der Waals surface area contributed by atoms with Gasteiger partial charge in [-0.15, -0.1) is 12.4 Å². The fraction of sp³-hybridized carbons (Fsp3) is 0.278. The van der Waals surface area contributed by atoms with Crippen LogP contribution in [0, 0.1) is 6.92 Å². The van der Waals surface area contributed by atoms with Crippen LogP contribution in [0.3, 0.4) is 0 Å². The van der Waals surface area contributed by atoms with Crippen LogP contribution in [0.2, 0.25) is 0 Å². The van der Waals surface area contributed by atoms with Crippen LogP contribution in [0.5, 0.6) is 0 Å². The SMILES string of the molecule is Cc1ccccc1CCNC(=O)C(C)(N)c1ccccc1.Cl. The summed E-state index contributed by atoms with van der Waals surface area (Å²) in [6.45, 7) is 4.41. The number of amides is 1. The third kappa shape index (κ3) is 4.33. The van der Waals surface area contributed by atoms with Gasteiger partial charge in [0.05, 0.1) is 0 Å². The van der Waals surface area contributed by atoms with Gasteiger partial charge in [-0.2, -0.15) is 0 Å². The van der Waals surface area contributed by atoms with Crippen LogP contribution in [0.1, 0.15) is 23.6 Å². The number of hydrogen-bond acceptors (Lipinski definition) is 2. The molecule has 0 saturated heterocycles. The molecule has 0 heterocycles. The first kappa shape index (κ1) is 18.2. The number of carbonyl (C=O) groups excluding carboxylic acids is 1.